The fraction of sp³-hybridized carbons (Fsp3) is 0.300. The van der Waals surface area contributed by atoms with Crippen LogP contribution in [0.3, 0.4) is 0 Å². The number of rotatable bonds is 4. The number of thioether (sulfide) groups is 1. The predicted molar refractivity (Wildman–Crippen MR) is 57.5 cm³/mol. The number of aromatic hydroxyl groups is 1. The standard InChI is InChI=1S/C10H13NO2S/c1-2-11-10(13)7-14-9-5-3-8(12)4-6-9/h3-6,12H,2,7H2,1H3,(H,11,13). The molecule has 0 aliphatic rings. The number of benzene rings is 1. The van der Waals surface area contributed by atoms with Gasteiger partial charge in [-0.15, -0.1) is 11.8 Å². The number of hydrogen-bond acceptors (Lipinski definition) is 3. The van der Waals surface area contributed by atoms with Crippen LogP contribution in [-0.2, 0) is 4.79 Å². The molecule has 1 aromatic rings. The topological polar surface area (TPSA) is 49.3 Å². The number of phenolic OH excluding ortho intramolecular Hbond substituents is 1. The van der Waals surface area contributed by atoms with Gasteiger partial charge in [0.1, 0.15) is 5.75 Å². The summed E-state index contributed by atoms with van der Waals surface area (Å²) in [4.78, 5) is 12.1. The molecule has 0 saturated heterocycles. The highest BCUT2D eigenvalue weighted by Gasteiger charge is 2.00. The molecule has 0 heterocycles. The monoisotopic (exact) mass is 211 g/mol. The Morgan fingerprint density at radius 2 is 2.07 bits per heavy atom. The van der Waals surface area contributed by atoms with E-state index in [2.05, 4.69) is 5.32 Å². The molecule has 14 heavy (non-hydrogen) atoms. The van der Waals surface area contributed by atoms with E-state index in [0.717, 1.165) is 4.90 Å². The van der Waals surface area contributed by atoms with Crippen LogP contribution in [-0.4, -0.2) is 23.3 Å². The molecule has 0 aliphatic carbocycles. The van der Waals surface area contributed by atoms with Crippen molar-refractivity contribution >= 4 is 17.7 Å². The summed E-state index contributed by atoms with van der Waals surface area (Å²) in [5.74, 6) is 0.691. The average molecular weight is 211 g/mol. The summed E-state index contributed by atoms with van der Waals surface area (Å²) in [5.41, 5.74) is 0. The first-order valence-electron chi connectivity index (χ1n) is 4.41. The minimum atomic E-state index is 0.0329. The number of hydrogen-bond donors (Lipinski definition) is 2. The van der Waals surface area contributed by atoms with Crippen molar-refractivity contribution in [2.75, 3.05) is 12.3 Å². The lowest BCUT2D eigenvalue weighted by molar-refractivity contribution is -0.118. The average Bonchev–Trinajstić information content (AvgIpc) is 2.17. The number of carbonyl (C=O) groups excluding carboxylic acids is 1. The van der Waals surface area contributed by atoms with Crippen molar-refractivity contribution < 1.29 is 9.90 Å². The summed E-state index contributed by atoms with van der Waals surface area (Å²) < 4.78 is 0. The van der Waals surface area contributed by atoms with Crippen molar-refractivity contribution in [3.05, 3.63) is 24.3 Å². The normalized spacial score (nSPS) is 9.79. The summed E-state index contributed by atoms with van der Waals surface area (Å²) in [6.07, 6.45) is 0. The van der Waals surface area contributed by atoms with E-state index in [1.807, 2.05) is 6.92 Å². The maximum absolute atomic E-state index is 11.1. The number of carbonyl (C=O) groups is 1. The van der Waals surface area contributed by atoms with E-state index >= 15 is 0 Å². The van der Waals surface area contributed by atoms with Gasteiger partial charge in [0.15, 0.2) is 0 Å². The molecule has 4 heteroatoms. The van der Waals surface area contributed by atoms with Gasteiger partial charge < -0.3 is 10.4 Å². The molecule has 0 saturated carbocycles. The molecule has 0 aromatic heterocycles. The Bertz CT molecular complexity index is 297. The van der Waals surface area contributed by atoms with Crippen LogP contribution in [0.1, 0.15) is 6.92 Å². The summed E-state index contributed by atoms with van der Waals surface area (Å²) in [7, 11) is 0. The van der Waals surface area contributed by atoms with Gasteiger partial charge in [-0.05, 0) is 31.2 Å². The summed E-state index contributed by atoms with van der Waals surface area (Å²) in [6, 6.07) is 6.80. The first-order valence-corrected chi connectivity index (χ1v) is 5.39. The highest BCUT2D eigenvalue weighted by molar-refractivity contribution is 8.00. The van der Waals surface area contributed by atoms with Gasteiger partial charge in [0, 0.05) is 11.4 Å². The van der Waals surface area contributed by atoms with Crippen LogP contribution in [0.2, 0.25) is 0 Å². The first kappa shape index (κ1) is 10.9. The van der Waals surface area contributed by atoms with Crippen molar-refractivity contribution in [2.24, 2.45) is 0 Å². The summed E-state index contributed by atoms with van der Waals surface area (Å²) in [5, 5.41) is 11.7. The third-order valence-electron chi connectivity index (χ3n) is 1.58. The van der Waals surface area contributed by atoms with E-state index in [-0.39, 0.29) is 11.7 Å². The zero-order valence-electron chi connectivity index (χ0n) is 7.99. The van der Waals surface area contributed by atoms with Gasteiger partial charge in [0.05, 0.1) is 5.75 Å². The molecule has 2 N–H and O–H groups in total. The molecule has 1 rings (SSSR count). The smallest absolute Gasteiger partial charge is 0.230 e. The van der Waals surface area contributed by atoms with Crippen LogP contribution >= 0.6 is 11.8 Å². The van der Waals surface area contributed by atoms with E-state index in [4.69, 9.17) is 5.11 Å². The van der Waals surface area contributed by atoms with Gasteiger partial charge in [0.25, 0.3) is 0 Å². The summed E-state index contributed by atoms with van der Waals surface area (Å²) in [6.45, 7) is 2.55. The fourth-order valence-electron chi connectivity index (χ4n) is 0.939. The molecule has 1 amide bonds. The minimum absolute atomic E-state index is 0.0329. The Hall–Kier alpha value is -1.16. The zero-order valence-corrected chi connectivity index (χ0v) is 8.80. The Morgan fingerprint density at radius 1 is 1.43 bits per heavy atom. The second kappa shape index (κ2) is 5.54. The summed E-state index contributed by atoms with van der Waals surface area (Å²) >= 11 is 1.45. The van der Waals surface area contributed by atoms with Crippen molar-refractivity contribution in [3.8, 4) is 5.75 Å². The van der Waals surface area contributed by atoms with Crippen molar-refractivity contribution in [1.29, 1.82) is 0 Å². The van der Waals surface area contributed by atoms with E-state index in [1.165, 1.54) is 11.8 Å². The molecule has 0 aliphatic heterocycles. The van der Waals surface area contributed by atoms with Crippen molar-refractivity contribution in [3.63, 3.8) is 0 Å². The quantitative estimate of drug-likeness (QED) is 0.744. The molecule has 0 spiro atoms. The largest absolute Gasteiger partial charge is 0.508 e. The van der Waals surface area contributed by atoms with Crippen LogP contribution in [0.25, 0.3) is 0 Å². The maximum atomic E-state index is 11.1. The third-order valence-corrected chi connectivity index (χ3v) is 2.59. The van der Waals surface area contributed by atoms with Crippen molar-refractivity contribution in [2.45, 2.75) is 11.8 Å². The van der Waals surface area contributed by atoms with Crippen LogP contribution in [0.4, 0.5) is 0 Å². The van der Waals surface area contributed by atoms with Gasteiger partial charge >= 0.3 is 0 Å². The SMILES string of the molecule is CCNC(=O)CSc1ccc(O)cc1. The van der Waals surface area contributed by atoms with Crippen LogP contribution < -0.4 is 5.32 Å². The second-order valence-corrected chi connectivity index (χ2v) is 3.78. The predicted octanol–water partition coefficient (Wildman–Crippen LogP) is 1.62. The van der Waals surface area contributed by atoms with Gasteiger partial charge in [-0.1, -0.05) is 0 Å². The van der Waals surface area contributed by atoms with E-state index in [0.29, 0.717) is 12.3 Å². The van der Waals surface area contributed by atoms with Gasteiger partial charge in [0.2, 0.25) is 5.91 Å². The Morgan fingerprint density at radius 3 is 2.64 bits per heavy atom. The Labute approximate surface area is 87.5 Å². The molecule has 1 aromatic carbocycles. The van der Waals surface area contributed by atoms with E-state index < -0.39 is 0 Å². The highest BCUT2D eigenvalue weighted by Crippen LogP contribution is 2.20. The fourth-order valence-corrected chi connectivity index (χ4v) is 1.67. The maximum Gasteiger partial charge on any atom is 0.230 e. The van der Waals surface area contributed by atoms with Crippen LogP contribution in [0, 0.1) is 0 Å². The molecular formula is C10H13NO2S. The number of phenols is 1. The first-order chi connectivity index (χ1) is 6.72. The molecule has 0 fully saturated rings. The van der Waals surface area contributed by atoms with Crippen molar-refractivity contribution in [1.82, 2.24) is 5.32 Å². The van der Waals surface area contributed by atoms with Gasteiger partial charge in [-0.2, -0.15) is 0 Å². The second-order valence-electron chi connectivity index (χ2n) is 2.74. The lowest BCUT2D eigenvalue weighted by Crippen LogP contribution is -2.24. The molecule has 0 radical (unpaired) electrons. The molecule has 3 nitrogen and oxygen atoms in total. The Balaban J connectivity index is 2.38. The van der Waals surface area contributed by atoms with Gasteiger partial charge in [-0.25, -0.2) is 0 Å². The number of amides is 1. The molecule has 76 valence electrons. The van der Waals surface area contributed by atoms with E-state index in [1.54, 1.807) is 24.3 Å². The third kappa shape index (κ3) is 3.70. The lowest BCUT2D eigenvalue weighted by atomic mass is 10.3. The minimum Gasteiger partial charge on any atom is -0.508 e. The van der Waals surface area contributed by atoms with E-state index in [9.17, 15) is 4.79 Å². The number of nitrogens with one attached hydrogen (secondary N) is 1. The van der Waals surface area contributed by atoms with Crippen LogP contribution in [0.5, 0.6) is 5.75 Å². The molecule has 0 unspecified atom stereocenters. The van der Waals surface area contributed by atoms with Crippen LogP contribution in [0.15, 0.2) is 29.2 Å². The molecular weight excluding hydrogens is 198 g/mol. The zero-order chi connectivity index (χ0) is 10.4. The lowest BCUT2D eigenvalue weighted by Gasteiger charge is -2.02. The highest BCUT2D eigenvalue weighted by atomic mass is 32.2. The molecule has 0 atom stereocenters. The van der Waals surface area contributed by atoms with Gasteiger partial charge in [-0.3, -0.25) is 4.79 Å². The molecule has 0 bridgehead atoms. The Kier molecular flexibility index (Phi) is 4.32.